The zero-order valence-corrected chi connectivity index (χ0v) is 12.4. The number of rotatable bonds is 7. The van der Waals surface area contributed by atoms with Gasteiger partial charge in [-0.3, -0.25) is 0 Å². The van der Waals surface area contributed by atoms with Crippen LogP contribution in [0, 0.1) is 0 Å². The van der Waals surface area contributed by atoms with Gasteiger partial charge in [0.05, 0.1) is 4.90 Å². The van der Waals surface area contributed by atoms with Gasteiger partial charge in [-0.1, -0.05) is 6.07 Å². The Labute approximate surface area is 115 Å². The highest BCUT2D eigenvalue weighted by molar-refractivity contribution is 7.89. The molecule has 0 aliphatic heterocycles. The summed E-state index contributed by atoms with van der Waals surface area (Å²) in [7, 11) is -1.52. The number of nitrogens with one attached hydrogen (secondary N) is 1. The van der Waals surface area contributed by atoms with E-state index in [9.17, 15) is 13.5 Å². The first-order valence-corrected chi connectivity index (χ1v) is 7.80. The van der Waals surface area contributed by atoms with Crippen molar-refractivity contribution in [1.29, 1.82) is 0 Å². The fourth-order valence-corrected chi connectivity index (χ4v) is 2.64. The lowest BCUT2D eigenvalue weighted by Crippen LogP contribution is -2.31. The Morgan fingerprint density at radius 3 is 2.63 bits per heavy atom. The molecule has 1 aromatic carbocycles. The summed E-state index contributed by atoms with van der Waals surface area (Å²) in [5, 5.41) is 9.28. The summed E-state index contributed by atoms with van der Waals surface area (Å²) in [5.41, 5.74) is 0. The average molecular weight is 286 g/mol. The van der Waals surface area contributed by atoms with Crippen LogP contribution in [0.1, 0.15) is 20.3 Å². The molecule has 2 N–H and O–H groups in total. The van der Waals surface area contributed by atoms with E-state index < -0.39 is 10.0 Å². The molecule has 1 aromatic rings. The van der Waals surface area contributed by atoms with Gasteiger partial charge in [-0.2, -0.15) is 0 Å². The van der Waals surface area contributed by atoms with E-state index in [1.165, 1.54) is 24.3 Å². The molecule has 0 spiro atoms. The summed E-state index contributed by atoms with van der Waals surface area (Å²) in [6.45, 7) is 5.41. The molecule has 108 valence electrons. The van der Waals surface area contributed by atoms with Crippen molar-refractivity contribution in [3.05, 3.63) is 24.3 Å². The number of phenols is 1. The Morgan fingerprint density at radius 1 is 1.37 bits per heavy atom. The van der Waals surface area contributed by atoms with E-state index in [0.29, 0.717) is 12.6 Å². The molecule has 0 unspecified atom stereocenters. The molecule has 0 atom stereocenters. The second-order valence-corrected chi connectivity index (χ2v) is 6.59. The highest BCUT2D eigenvalue weighted by Crippen LogP contribution is 2.15. The first-order chi connectivity index (χ1) is 8.83. The molecular weight excluding hydrogens is 264 g/mol. The highest BCUT2D eigenvalue weighted by atomic mass is 32.2. The molecule has 0 aliphatic rings. The van der Waals surface area contributed by atoms with E-state index in [2.05, 4.69) is 23.5 Å². The van der Waals surface area contributed by atoms with Crippen molar-refractivity contribution in [2.24, 2.45) is 0 Å². The Balaban J connectivity index is 2.48. The largest absolute Gasteiger partial charge is 0.508 e. The number of phenolic OH excluding ortho intramolecular Hbond substituents is 1. The van der Waals surface area contributed by atoms with Gasteiger partial charge in [0, 0.05) is 12.6 Å². The predicted molar refractivity (Wildman–Crippen MR) is 75.7 cm³/mol. The van der Waals surface area contributed by atoms with Gasteiger partial charge in [0.1, 0.15) is 5.75 Å². The molecule has 5 nitrogen and oxygen atoms in total. The average Bonchev–Trinajstić information content (AvgIpc) is 2.34. The van der Waals surface area contributed by atoms with Crippen LogP contribution in [0.5, 0.6) is 5.75 Å². The monoisotopic (exact) mass is 286 g/mol. The van der Waals surface area contributed by atoms with Gasteiger partial charge in [-0.25, -0.2) is 13.1 Å². The van der Waals surface area contributed by atoms with Crippen LogP contribution in [0.4, 0.5) is 0 Å². The summed E-state index contributed by atoms with van der Waals surface area (Å²) in [5.74, 6) is -0.0533. The minimum Gasteiger partial charge on any atom is -0.508 e. The number of hydrogen-bond acceptors (Lipinski definition) is 4. The lowest BCUT2D eigenvalue weighted by Gasteiger charge is -2.20. The maximum Gasteiger partial charge on any atom is 0.240 e. The molecule has 0 heterocycles. The number of hydrogen-bond donors (Lipinski definition) is 2. The van der Waals surface area contributed by atoms with E-state index in [-0.39, 0.29) is 10.6 Å². The van der Waals surface area contributed by atoms with Gasteiger partial charge >= 0.3 is 0 Å². The van der Waals surface area contributed by atoms with Crippen molar-refractivity contribution in [2.75, 3.05) is 20.1 Å². The third kappa shape index (κ3) is 5.18. The van der Waals surface area contributed by atoms with Crippen LogP contribution in [-0.4, -0.2) is 44.6 Å². The molecule has 0 radical (unpaired) electrons. The number of aromatic hydroxyl groups is 1. The summed E-state index contributed by atoms with van der Waals surface area (Å²) >= 11 is 0. The molecule has 0 saturated heterocycles. The number of sulfonamides is 1. The van der Waals surface area contributed by atoms with Gasteiger partial charge in [-0.15, -0.1) is 0 Å². The minimum atomic E-state index is -3.53. The van der Waals surface area contributed by atoms with E-state index in [0.717, 1.165) is 13.0 Å². The zero-order chi connectivity index (χ0) is 14.5. The van der Waals surface area contributed by atoms with Crippen molar-refractivity contribution < 1.29 is 13.5 Å². The van der Waals surface area contributed by atoms with E-state index in [1.807, 2.05) is 7.05 Å². The smallest absolute Gasteiger partial charge is 0.240 e. The van der Waals surface area contributed by atoms with Crippen molar-refractivity contribution in [2.45, 2.75) is 31.2 Å². The van der Waals surface area contributed by atoms with Crippen molar-refractivity contribution in [3.8, 4) is 5.75 Å². The first kappa shape index (κ1) is 15.9. The molecule has 6 heteroatoms. The fraction of sp³-hybridized carbons (Fsp3) is 0.538. The fourth-order valence-electron chi connectivity index (χ4n) is 1.53. The normalized spacial score (nSPS) is 12.3. The van der Waals surface area contributed by atoms with Crippen LogP contribution >= 0.6 is 0 Å². The molecule has 0 saturated carbocycles. The molecule has 1 rings (SSSR count). The second kappa shape index (κ2) is 6.88. The molecule has 0 fully saturated rings. The Morgan fingerprint density at radius 2 is 2.05 bits per heavy atom. The van der Waals surface area contributed by atoms with Gasteiger partial charge < -0.3 is 10.0 Å². The Kier molecular flexibility index (Phi) is 5.78. The molecule has 0 aliphatic carbocycles. The molecule has 19 heavy (non-hydrogen) atoms. The minimum absolute atomic E-state index is 0.0533. The van der Waals surface area contributed by atoms with Crippen LogP contribution in [0.3, 0.4) is 0 Å². The van der Waals surface area contributed by atoms with Crippen LogP contribution in [0.25, 0.3) is 0 Å². The van der Waals surface area contributed by atoms with E-state index >= 15 is 0 Å². The van der Waals surface area contributed by atoms with Crippen molar-refractivity contribution in [1.82, 2.24) is 9.62 Å². The molecule has 0 amide bonds. The number of nitrogens with zero attached hydrogens (tertiary/aromatic N) is 1. The highest BCUT2D eigenvalue weighted by Gasteiger charge is 2.13. The molecule has 0 bridgehead atoms. The maximum absolute atomic E-state index is 11.9. The predicted octanol–water partition coefficient (Wildman–Crippen LogP) is 1.40. The topological polar surface area (TPSA) is 69.6 Å². The quantitative estimate of drug-likeness (QED) is 0.743. The van der Waals surface area contributed by atoms with Gasteiger partial charge in [0.2, 0.25) is 10.0 Å². The van der Waals surface area contributed by atoms with Crippen LogP contribution in [0.15, 0.2) is 29.2 Å². The summed E-state index contributed by atoms with van der Waals surface area (Å²) in [6.07, 6.45) is 0.743. The van der Waals surface area contributed by atoms with E-state index in [4.69, 9.17) is 0 Å². The van der Waals surface area contributed by atoms with E-state index in [1.54, 1.807) is 0 Å². The molecule has 0 aromatic heterocycles. The van der Waals surface area contributed by atoms with Crippen LogP contribution < -0.4 is 4.72 Å². The summed E-state index contributed by atoms with van der Waals surface area (Å²) in [4.78, 5) is 2.24. The lowest BCUT2D eigenvalue weighted by molar-refractivity contribution is 0.271. The Bertz CT molecular complexity index is 500. The zero-order valence-electron chi connectivity index (χ0n) is 11.6. The van der Waals surface area contributed by atoms with Crippen molar-refractivity contribution >= 4 is 10.0 Å². The SMILES string of the molecule is CC(C)N(C)CCCNS(=O)(=O)c1cccc(O)c1. The summed E-state index contributed by atoms with van der Waals surface area (Å²) in [6, 6.07) is 6.10. The summed E-state index contributed by atoms with van der Waals surface area (Å²) < 4.78 is 26.4. The van der Waals surface area contributed by atoms with Gasteiger partial charge in [0.15, 0.2) is 0 Å². The van der Waals surface area contributed by atoms with Crippen LogP contribution in [0.2, 0.25) is 0 Å². The first-order valence-electron chi connectivity index (χ1n) is 6.32. The third-order valence-electron chi connectivity index (χ3n) is 2.99. The third-order valence-corrected chi connectivity index (χ3v) is 4.45. The van der Waals surface area contributed by atoms with Gasteiger partial charge in [-0.05, 0) is 52.1 Å². The lowest BCUT2D eigenvalue weighted by atomic mass is 10.3. The standard InChI is InChI=1S/C13H22N2O3S/c1-11(2)15(3)9-5-8-14-19(17,18)13-7-4-6-12(16)10-13/h4,6-7,10-11,14,16H,5,8-9H2,1-3H3. The maximum atomic E-state index is 11.9. The second-order valence-electron chi connectivity index (χ2n) is 4.82. The number of benzene rings is 1. The van der Waals surface area contributed by atoms with Gasteiger partial charge in [0.25, 0.3) is 0 Å². The molecular formula is C13H22N2O3S. The van der Waals surface area contributed by atoms with Crippen LogP contribution in [-0.2, 0) is 10.0 Å². The Hall–Kier alpha value is -1.11. The van der Waals surface area contributed by atoms with Crippen molar-refractivity contribution in [3.63, 3.8) is 0 Å².